The van der Waals surface area contributed by atoms with E-state index in [1.165, 1.54) is 0 Å². The van der Waals surface area contributed by atoms with E-state index in [1.807, 2.05) is 103 Å². The first-order valence-corrected chi connectivity index (χ1v) is 9.92. The number of pyridine rings is 1. The number of hydrogen-bond acceptors (Lipinski definition) is 4. The van der Waals surface area contributed by atoms with Crippen LogP contribution in [0.25, 0.3) is 28.2 Å². The van der Waals surface area contributed by atoms with Gasteiger partial charge in [-0.2, -0.15) is 0 Å². The fourth-order valence-corrected chi connectivity index (χ4v) is 3.41. The smallest absolute Gasteiger partial charge is 0.193 e. The van der Waals surface area contributed by atoms with Crippen molar-refractivity contribution < 1.29 is 4.79 Å². The molecule has 5 heteroatoms. The Labute approximate surface area is 179 Å². The van der Waals surface area contributed by atoms with Crippen molar-refractivity contribution in [1.29, 1.82) is 0 Å². The summed E-state index contributed by atoms with van der Waals surface area (Å²) in [6, 6.07) is 30.6. The van der Waals surface area contributed by atoms with Gasteiger partial charge in [0, 0.05) is 28.5 Å². The first-order valence-electron chi connectivity index (χ1n) is 9.92. The van der Waals surface area contributed by atoms with Crippen molar-refractivity contribution in [1.82, 2.24) is 20.0 Å². The molecule has 2 heterocycles. The van der Waals surface area contributed by atoms with Gasteiger partial charge in [-0.15, -0.1) is 5.10 Å². The average Bonchev–Trinajstić information content (AvgIpc) is 3.35. The van der Waals surface area contributed by atoms with E-state index < -0.39 is 0 Å². The lowest BCUT2D eigenvalue weighted by atomic mass is 10.0. The topological polar surface area (TPSA) is 60.7 Å². The number of aromatic nitrogens is 4. The van der Waals surface area contributed by atoms with Gasteiger partial charge in [0.1, 0.15) is 5.69 Å². The molecule has 0 bridgehead atoms. The molecule has 5 nitrogen and oxygen atoms in total. The van der Waals surface area contributed by atoms with Gasteiger partial charge in [0.2, 0.25) is 0 Å². The number of nitrogens with zero attached hydrogens (tertiary/aromatic N) is 4. The normalized spacial score (nSPS) is 10.7. The van der Waals surface area contributed by atoms with E-state index in [-0.39, 0.29) is 5.78 Å². The van der Waals surface area contributed by atoms with Gasteiger partial charge < -0.3 is 0 Å². The van der Waals surface area contributed by atoms with Crippen molar-refractivity contribution in [2.45, 2.75) is 0 Å². The molecule has 0 saturated heterocycles. The molecule has 5 rings (SSSR count). The third-order valence-corrected chi connectivity index (χ3v) is 5.04. The Balaban J connectivity index is 1.39. The number of rotatable bonds is 5. The second-order valence-corrected chi connectivity index (χ2v) is 7.09. The van der Waals surface area contributed by atoms with Gasteiger partial charge in [0.25, 0.3) is 0 Å². The molecule has 0 unspecified atom stereocenters. The lowest BCUT2D eigenvalue weighted by Crippen LogP contribution is -2.00. The van der Waals surface area contributed by atoms with E-state index in [0.717, 1.165) is 28.2 Å². The summed E-state index contributed by atoms with van der Waals surface area (Å²) in [6.07, 6.45) is 3.66. The zero-order chi connectivity index (χ0) is 21.0. The Hall–Kier alpha value is -4.38. The van der Waals surface area contributed by atoms with Crippen LogP contribution in [0.3, 0.4) is 0 Å². The van der Waals surface area contributed by atoms with E-state index in [4.69, 9.17) is 0 Å². The molecule has 0 spiro atoms. The first kappa shape index (κ1) is 18.6. The van der Waals surface area contributed by atoms with Gasteiger partial charge in [-0.25, -0.2) is 4.68 Å². The molecule has 148 valence electrons. The van der Waals surface area contributed by atoms with E-state index in [9.17, 15) is 4.79 Å². The lowest BCUT2D eigenvalue weighted by Gasteiger charge is -2.04. The van der Waals surface area contributed by atoms with Crippen LogP contribution in [0.5, 0.6) is 0 Å². The van der Waals surface area contributed by atoms with Gasteiger partial charge in [-0.3, -0.25) is 9.78 Å². The number of carbonyl (C=O) groups is 1. The Kier molecular flexibility index (Phi) is 4.91. The standard InChI is InChI=1S/C26H18N4O/c31-26(20-7-2-1-3-8-20)21-14-12-19(13-15-21)25-18-30(29-28-25)23-10-6-9-22(17-23)24-11-4-5-16-27-24/h1-18H. The van der Waals surface area contributed by atoms with E-state index >= 15 is 0 Å². The number of ketones is 1. The number of carbonyl (C=O) groups excluding carboxylic acids is 1. The minimum atomic E-state index is 0.00198. The molecular formula is C26H18N4O. The molecule has 5 aromatic rings. The molecule has 0 radical (unpaired) electrons. The molecule has 31 heavy (non-hydrogen) atoms. The van der Waals surface area contributed by atoms with Gasteiger partial charge in [-0.1, -0.05) is 78.0 Å². The van der Waals surface area contributed by atoms with Crippen LogP contribution in [0.2, 0.25) is 0 Å². The van der Waals surface area contributed by atoms with Crippen LogP contribution in [0.4, 0.5) is 0 Å². The molecule has 2 aromatic heterocycles. The largest absolute Gasteiger partial charge is 0.289 e. The maximum absolute atomic E-state index is 12.6. The fourth-order valence-electron chi connectivity index (χ4n) is 3.41. The Morgan fingerprint density at radius 1 is 0.677 bits per heavy atom. The van der Waals surface area contributed by atoms with Crippen molar-refractivity contribution in [3.05, 3.63) is 121 Å². The summed E-state index contributed by atoms with van der Waals surface area (Å²) in [5, 5.41) is 8.59. The highest BCUT2D eigenvalue weighted by atomic mass is 16.1. The highest BCUT2D eigenvalue weighted by molar-refractivity contribution is 6.09. The summed E-state index contributed by atoms with van der Waals surface area (Å²) in [4.78, 5) is 17.0. The molecular weight excluding hydrogens is 384 g/mol. The summed E-state index contributed by atoms with van der Waals surface area (Å²) in [5.41, 5.74) is 5.78. The van der Waals surface area contributed by atoms with E-state index in [2.05, 4.69) is 15.3 Å². The molecule has 0 fully saturated rings. The summed E-state index contributed by atoms with van der Waals surface area (Å²) < 4.78 is 1.74. The minimum absolute atomic E-state index is 0.00198. The molecule has 0 atom stereocenters. The third kappa shape index (κ3) is 3.89. The molecule has 0 saturated carbocycles. The molecule has 0 aliphatic heterocycles. The van der Waals surface area contributed by atoms with Gasteiger partial charge in [-0.05, 0) is 24.3 Å². The Bertz CT molecular complexity index is 1330. The third-order valence-electron chi connectivity index (χ3n) is 5.04. The van der Waals surface area contributed by atoms with Crippen molar-refractivity contribution >= 4 is 5.78 Å². The lowest BCUT2D eigenvalue weighted by molar-refractivity contribution is 0.103. The summed E-state index contributed by atoms with van der Waals surface area (Å²) >= 11 is 0. The predicted octanol–water partition coefficient (Wildman–Crippen LogP) is 5.23. The monoisotopic (exact) mass is 402 g/mol. The maximum atomic E-state index is 12.6. The second kappa shape index (κ2) is 8.16. The van der Waals surface area contributed by atoms with Crippen LogP contribution in [0.15, 0.2) is 109 Å². The fraction of sp³-hybridized carbons (Fsp3) is 0. The Morgan fingerprint density at radius 3 is 2.23 bits per heavy atom. The number of hydrogen-bond donors (Lipinski definition) is 0. The van der Waals surface area contributed by atoms with E-state index in [1.54, 1.807) is 10.9 Å². The van der Waals surface area contributed by atoms with Crippen LogP contribution in [-0.2, 0) is 0 Å². The molecule has 0 N–H and O–H groups in total. The predicted molar refractivity (Wildman–Crippen MR) is 120 cm³/mol. The zero-order valence-electron chi connectivity index (χ0n) is 16.6. The van der Waals surface area contributed by atoms with E-state index in [0.29, 0.717) is 11.1 Å². The highest BCUT2D eigenvalue weighted by Gasteiger charge is 2.11. The van der Waals surface area contributed by atoms with Crippen LogP contribution in [0, 0.1) is 0 Å². The molecule has 0 aliphatic carbocycles. The first-order chi connectivity index (χ1) is 15.3. The van der Waals surface area contributed by atoms with Crippen LogP contribution >= 0.6 is 0 Å². The SMILES string of the molecule is O=C(c1ccccc1)c1ccc(-c2cn(-c3cccc(-c4ccccn4)c3)nn2)cc1. The van der Waals surface area contributed by atoms with Crippen molar-refractivity contribution in [3.63, 3.8) is 0 Å². The number of benzene rings is 3. The molecule has 0 aliphatic rings. The molecule has 3 aromatic carbocycles. The van der Waals surface area contributed by atoms with Crippen molar-refractivity contribution in [2.24, 2.45) is 0 Å². The summed E-state index contributed by atoms with van der Waals surface area (Å²) in [5.74, 6) is 0.00198. The van der Waals surface area contributed by atoms with Crippen LogP contribution in [0.1, 0.15) is 15.9 Å². The Morgan fingerprint density at radius 2 is 1.45 bits per heavy atom. The van der Waals surface area contributed by atoms with Crippen molar-refractivity contribution in [2.75, 3.05) is 0 Å². The summed E-state index contributed by atoms with van der Waals surface area (Å²) in [6.45, 7) is 0. The minimum Gasteiger partial charge on any atom is -0.289 e. The van der Waals surface area contributed by atoms with Gasteiger partial charge in [0.15, 0.2) is 5.78 Å². The zero-order valence-corrected chi connectivity index (χ0v) is 16.6. The second-order valence-electron chi connectivity index (χ2n) is 7.09. The summed E-state index contributed by atoms with van der Waals surface area (Å²) in [7, 11) is 0. The van der Waals surface area contributed by atoms with Crippen LogP contribution < -0.4 is 0 Å². The van der Waals surface area contributed by atoms with Gasteiger partial charge in [0.05, 0.1) is 17.6 Å². The van der Waals surface area contributed by atoms with Gasteiger partial charge >= 0.3 is 0 Å². The van der Waals surface area contributed by atoms with Crippen molar-refractivity contribution in [3.8, 4) is 28.2 Å². The quantitative estimate of drug-likeness (QED) is 0.378. The molecule has 0 amide bonds. The maximum Gasteiger partial charge on any atom is 0.193 e. The highest BCUT2D eigenvalue weighted by Crippen LogP contribution is 2.22. The van der Waals surface area contributed by atoms with Crippen LogP contribution in [-0.4, -0.2) is 25.8 Å². The average molecular weight is 402 g/mol.